The van der Waals surface area contributed by atoms with Crippen molar-refractivity contribution in [2.45, 2.75) is 0 Å². The van der Waals surface area contributed by atoms with Gasteiger partial charge in [0.1, 0.15) is 0 Å². The molecule has 0 heterocycles. The molecular formula is CHCl3P+. The van der Waals surface area contributed by atoms with E-state index in [-0.39, 0.29) is 0 Å². The van der Waals surface area contributed by atoms with Gasteiger partial charge in [0.25, 0.3) is 0 Å². The second-order valence-electron chi connectivity index (χ2n) is 0.357. The lowest BCUT2D eigenvalue weighted by molar-refractivity contribution is 4.12. The van der Waals surface area contributed by atoms with Crippen molar-refractivity contribution in [2.24, 2.45) is 0 Å². The van der Waals surface area contributed by atoms with Crippen molar-refractivity contribution in [3.63, 3.8) is 0 Å². The molecule has 0 aliphatic heterocycles. The summed E-state index contributed by atoms with van der Waals surface area (Å²) < 4.78 is 0. The van der Waals surface area contributed by atoms with Crippen LogP contribution < -0.4 is 0 Å². The Balaban J connectivity index is 3.14. The highest BCUT2D eigenvalue weighted by Crippen LogP contribution is 2.33. The molecule has 0 radical (unpaired) electrons. The first kappa shape index (κ1) is 6.04. The first-order chi connectivity index (χ1) is 2.27. The molecule has 0 rings (SSSR count). The molecule has 0 saturated carbocycles. The molecule has 0 aromatic rings. The molecule has 0 saturated heterocycles. The number of halogens is 3. The average molecular weight is 150 g/mol. The van der Waals surface area contributed by atoms with Crippen LogP contribution in [0.25, 0.3) is 0 Å². The predicted octanol–water partition coefficient (Wildman–Crippen LogP) is 2.77. The van der Waals surface area contributed by atoms with Crippen molar-refractivity contribution in [3.8, 4) is 0 Å². The van der Waals surface area contributed by atoms with E-state index in [9.17, 15) is 0 Å². The molecule has 0 aliphatic carbocycles. The number of hydrogen-bond acceptors (Lipinski definition) is 0. The molecule has 30 valence electrons. The fourth-order valence-electron chi connectivity index (χ4n) is 0. The number of hydrogen-bond donors (Lipinski definition) is 0. The molecule has 0 fully saturated rings. The van der Waals surface area contributed by atoms with Crippen LogP contribution in [0.3, 0.4) is 0 Å². The highest BCUT2D eigenvalue weighted by molar-refractivity contribution is 8.03. The Morgan fingerprint density at radius 2 is 1.60 bits per heavy atom. The lowest BCUT2D eigenvalue weighted by Crippen LogP contribution is -1.25. The van der Waals surface area contributed by atoms with Crippen LogP contribution in [0, 0.1) is 0 Å². The maximum atomic E-state index is 5.10. The van der Waals surface area contributed by atoms with Crippen molar-refractivity contribution >= 4 is 45.6 Å². The van der Waals surface area contributed by atoms with Gasteiger partial charge in [0, 0.05) is 0 Å². The molecule has 0 bridgehead atoms. The molecule has 0 unspecified atom stereocenters. The zero-order valence-electron chi connectivity index (χ0n) is 2.16. The van der Waals surface area contributed by atoms with Gasteiger partial charge in [0.05, 0.1) is 0 Å². The van der Waals surface area contributed by atoms with Crippen molar-refractivity contribution in [3.05, 3.63) is 0 Å². The fraction of sp³-hybridized carbons (Fsp3) is 0. The summed E-state index contributed by atoms with van der Waals surface area (Å²) in [5.74, 6) is 0. The third-order valence-corrected chi connectivity index (χ3v) is 1.99. The standard InChI is InChI=1S/CHCl3P/c2-1-5(3)4/h1H/q+1. The smallest absolute Gasteiger partial charge is 0.0407 e. The largest absolute Gasteiger partial charge is 0.336 e. The van der Waals surface area contributed by atoms with Gasteiger partial charge >= 0.3 is 6.25 Å². The van der Waals surface area contributed by atoms with Gasteiger partial charge in [-0.2, -0.15) is 0 Å². The van der Waals surface area contributed by atoms with E-state index >= 15 is 0 Å². The van der Waals surface area contributed by atoms with Gasteiger partial charge in [0.15, 0.2) is 22.5 Å². The van der Waals surface area contributed by atoms with Crippen LogP contribution >= 0.6 is 40.3 Å². The predicted molar refractivity (Wildman–Crippen MR) is 30.5 cm³/mol. The maximum absolute atomic E-state index is 5.10. The SMILES string of the molecule is ClC=[P+](Cl)Cl. The zero-order chi connectivity index (χ0) is 4.28. The van der Waals surface area contributed by atoms with Crippen LogP contribution in [0.5, 0.6) is 0 Å². The van der Waals surface area contributed by atoms with E-state index in [1.807, 2.05) is 0 Å². The van der Waals surface area contributed by atoms with E-state index in [0.29, 0.717) is 0 Å². The molecule has 0 atom stereocenters. The van der Waals surface area contributed by atoms with E-state index in [2.05, 4.69) is 0 Å². The van der Waals surface area contributed by atoms with Crippen molar-refractivity contribution < 1.29 is 0 Å². The molecule has 0 spiro atoms. The highest BCUT2D eigenvalue weighted by Gasteiger charge is 1.91. The zero-order valence-corrected chi connectivity index (χ0v) is 5.32. The molecule has 4 heteroatoms. The van der Waals surface area contributed by atoms with Crippen LogP contribution in [-0.2, 0) is 0 Å². The van der Waals surface area contributed by atoms with E-state index in [1.54, 1.807) is 0 Å². The van der Waals surface area contributed by atoms with Crippen molar-refractivity contribution in [2.75, 3.05) is 0 Å². The molecule has 5 heavy (non-hydrogen) atoms. The quantitative estimate of drug-likeness (QED) is 0.466. The minimum absolute atomic E-state index is 1.01. The van der Waals surface area contributed by atoms with Crippen molar-refractivity contribution in [1.82, 2.24) is 0 Å². The second kappa shape index (κ2) is 3.24. The fourth-order valence-corrected chi connectivity index (χ4v) is 0. The van der Waals surface area contributed by atoms with Gasteiger partial charge in [-0.15, -0.1) is 0 Å². The topological polar surface area (TPSA) is 0 Å². The van der Waals surface area contributed by atoms with E-state index in [0.717, 1.165) is 0 Å². The van der Waals surface area contributed by atoms with Crippen LogP contribution in [0.15, 0.2) is 0 Å². The second-order valence-corrected chi connectivity index (χ2v) is 4.36. The molecular weight excluding hydrogens is 149 g/mol. The summed E-state index contributed by atoms with van der Waals surface area (Å²) >= 11 is 15.2. The average Bonchev–Trinajstić information content (AvgIpc) is 1.38. The van der Waals surface area contributed by atoms with Crippen LogP contribution in [-0.4, -0.2) is 5.26 Å². The van der Waals surface area contributed by atoms with Gasteiger partial charge < -0.3 is 0 Å². The molecule has 0 aromatic heterocycles. The lowest BCUT2D eigenvalue weighted by Gasteiger charge is -1.44. The van der Waals surface area contributed by atoms with Gasteiger partial charge in [-0.1, -0.05) is 0 Å². The normalized spacial score (nSPS) is 7.00. The third kappa shape index (κ3) is 5.04. The summed E-state index contributed by atoms with van der Waals surface area (Å²) in [5.41, 5.74) is 0. The molecule has 0 aliphatic rings. The van der Waals surface area contributed by atoms with Gasteiger partial charge in [-0.05, 0) is 11.6 Å². The van der Waals surface area contributed by atoms with E-state index < -0.39 is 6.25 Å². The summed E-state index contributed by atoms with van der Waals surface area (Å²) in [7, 11) is 0. The van der Waals surface area contributed by atoms with Gasteiger partial charge in [-0.25, -0.2) is 0 Å². The van der Waals surface area contributed by atoms with E-state index in [4.69, 9.17) is 34.1 Å². The monoisotopic (exact) mass is 149 g/mol. The Morgan fingerprint density at radius 3 is 1.60 bits per heavy atom. The Labute approximate surface area is 46.0 Å². The third-order valence-electron chi connectivity index (χ3n) is 0.0738. The Bertz CT molecular complexity index is 44.9. The molecule has 0 nitrogen and oxygen atoms in total. The summed E-state index contributed by atoms with van der Waals surface area (Å²) in [4.78, 5) is 0. The lowest BCUT2D eigenvalue weighted by atomic mass is 11.9. The summed E-state index contributed by atoms with van der Waals surface area (Å²) in [6, 6.07) is 0. The van der Waals surface area contributed by atoms with Crippen LogP contribution in [0.4, 0.5) is 0 Å². The summed E-state index contributed by atoms with van der Waals surface area (Å²) in [6.45, 7) is 0. The Hall–Kier alpha value is 1.04. The molecule has 0 aromatic carbocycles. The van der Waals surface area contributed by atoms with Crippen molar-refractivity contribution in [1.29, 1.82) is 0 Å². The summed E-state index contributed by atoms with van der Waals surface area (Å²) in [5, 5.41) is 1.23. The maximum Gasteiger partial charge on any atom is 0.336 e. The Morgan fingerprint density at radius 1 is 1.40 bits per heavy atom. The first-order valence-corrected chi connectivity index (χ1v) is 4.47. The van der Waals surface area contributed by atoms with Crippen LogP contribution in [0.1, 0.15) is 0 Å². The Kier molecular flexibility index (Phi) is 3.91. The van der Waals surface area contributed by atoms with E-state index in [1.165, 1.54) is 5.26 Å². The highest BCUT2D eigenvalue weighted by atomic mass is 35.9. The molecule has 0 N–H and O–H groups in total. The van der Waals surface area contributed by atoms with Gasteiger partial charge in [-0.3, -0.25) is 0 Å². The first-order valence-electron chi connectivity index (χ1n) is 0.814. The summed E-state index contributed by atoms with van der Waals surface area (Å²) in [6.07, 6.45) is -1.01. The number of rotatable bonds is 0. The van der Waals surface area contributed by atoms with Crippen LogP contribution in [0.2, 0.25) is 0 Å². The minimum atomic E-state index is -1.01. The molecule has 0 amide bonds. The minimum Gasteiger partial charge on any atom is -0.0407 e. The van der Waals surface area contributed by atoms with Gasteiger partial charge in [0.2, 0.25) is 5.26 Å².